The molecule has 0 amide bonds. The fraction of sp³-hybridized carbons (Fsp3) is 0.600. The van der Waals surface area contributed by atoms with Gasteiger partial charge in [-0.05, 0) is 146 Å². The van der Waals surface area contributed by atoms with E-state index in [0.29, 0.717) is 47.0 Å². The highest BCUT2D eigenvalue weighted by Crippen LogP contribution is 2.36. The SMILES string of the molecule is CCCCCCCCOc1ccc(C(=O)Oc2ccc(CCC3CCC(CCCCC)CC3)cc2C#Cc2cc(CCC3CCC(CCCCC)CC3)ccc2OC(=O)c2ccc(OCCCCCCCC)cc2)cc1. The Bertz CT molecular complexity index is 2140. The Morgan fingerprint density at radius 3 is 1.09 bits per heavy atom. The zero-order valence-corrected chi connectivity index (χ0v) is 47.9. The second kappa shape index (κ2) is 35.4. The summed E-state index contributed by atoms with van der Waals surface area (Å²) in [5.74, 6) is 11.6. The third kappa shape index (κ3) is 22.1. The van der Waals surface area contributed by atoms with E-state index in [4.69, 9.17) is 18.9 Å². The molecule has 2 saturated carbocycles. The quantitative estimate of drug-likeness (QED) is 0.0201. The summed E-state index contributed by atoms with van der Waals surface area (Å²) in [5.41, 5.74) is 4.54. The molecule has 0 N–H and O–H groups in total. The van der Waals surface area contributed by atoms with Crippen molar-refractivity contribution >= 4 is 11.9 Å². The monoisotopic (exact) mass is 1030 g/mol. The van der Waals surface area contributed by atoms with Crippen LogP contribution < -0.4 is 18.9 Å². The van der Waals surface area contributed by atoms with Crippen LogP contribution in [-0.2, 0) is 12.8 Å². The van der Waals surface area contributed by atoms with Gasteiger partial charge in [0.2, 0.25) is 0 Å². The number of esters is 2. The van der Waals surface area contributed by atoms with Crippen LogP contribution in [0.15, 0.2) is 84.9 Å². The van der Waals surface area contributed by atoms with Crippen molar-refractivity contribution in [3.8, 4) is 34.8 Å². The molecule has 6 nitrogen and oxygen atoms in total. The van der Waals surface area contributed by atoms with E-state index in [2.05, 4.69) is 63.8 Å². The van der Waals surface area contributed by atoms with Gasteiger partial charge in [-0.15, -0.1) is 0 Å². The Hall–Kier alpha value is -5.02. The van der Waals surface area contributed by atoms with Crippen molar-refractivity contribution in [2.24, 2.45) is 23.7 Å². The molecule has 0 aromatic heterocycles. The zero-order chi connectivity index (χ0) is 53.4. The van der Waals surface area contributed by atoms with Crippen LogP contribution in [0.5, 0.6) is 23.0 Å². The van der Waals surface area contributed by atoms with Crippen molar-refractivity contribution in [2.45, 2.75) is 233 Å². The first-order valence-corrected chi connectivity index (χ1v) is 31.0. The maximum Gasteiger partial charge on any atom is 0.343 e. The first-order valence-electron chi connectivity index (χ1n) is 31.0. The van der Waals surface area contributed by atoms with E-state index in [0.717, 1.165) is 86.5 Å². The van der Waals surface area contributed by atoms with Crippen LogP contribution in [0.3, 0.4) is 0 Å². The van der Waals surface area contributed by atoms with Gasteiger partial charge in [-0.2, -0.15) is 0 Å². The smallest absolute Gasteiger partial charge is 0.343 e. The van der Waals surface area contributed by atoms with E-state index in [-0.39, 0.29) is 0 Å². The van der Waals surface area contributed by atoms with Crippen molar-refractivity contribution in [2.75, 3.05) is 13.2 Å². The van der Waals surface area contributed by atoms with E-state index >= 15 is 0 Å². The fourth-order valence-corrected chi connectivity index (χ4v) is 11.5. The summed E-state index contributed by atoms with van der Waals surface area (Å²) >= 11 is 0. The largest absolute Gasteiger partial charge is 0.494 e. The Labute approximate surface area is 461 Å². The molecule has 414 valence electrons. The van der Waals surface area contributed by atoms with Crippen LogP contribution in [0.1, 0.15) is 263 Å². The van der Waals surface area contributed by atoms with E-state index in [1.165, 1.54) is 165 Å². The molecule has 0 unspecified atom stereocenters. The Morgan fingerprint density at radius 1 is 0.395 bits per heavy atom. The Kier molecular flexibility index (Phi) is 28.0. The van der Waals surface area contributed by atoms with Gasteiger partial charge in [-0.1, -0.05) is 219 Å². The molecule has 6 heteroatoms. The highest BCUT2D eigenvalue weighted by atomic mass is 16.5. The second-order valence-electron chi connectivity index (χ2n) is 22.8. The predicted octanol–water partition coefficient (Wildman–Crippen LogP) is 19.6. The molecule has 0 spiro atoms. The number of carbonyl (C=O) groups is 2. The number of unbranched alkanes of at least 4 members (excludes halogenated alkanes) is 14. The van der Waals surface area contributed by atoms with Crippen LogP contribution in [0.4, 0.5) is 0 Å². The van der Waals surface area contributed by atoms with Gasteiger partial charge in [0.1, 0.15) is 23.0 Å². The maximum absolute atomic E-state index is 13.9. The van der Waals surface area contributed by atoms with Crippen molar-refractivity contribution in [3.05, 3.63) is 118 Å². The van der Waals surface area contributed by atoms with Gasteiger partial charge < -0.3 is 18.9 Å². The third-order valence-electron chi connectivity index (χ3n) is 16.6. The predicted molar refractivity (Wildman–Crippen MR) is 315 cm³/mol. The van der Waals surface area contributed by atoms with Crippen molar-refractivity contribution in [1.82, 2.24) is 0 Å². The standard InChI is InChI=1S/C70H98O6/c1-5-9-13-15-17-21-51-73-65-45-41-61(42-46-65)69(71)75-67-49-37-59(35-33-57-29-25-55(26-30-57)23-19-11-7-3)53-63(67)39-40-64-54-60(36-34-58-31-27-56(28-32-58)24-20-12-8-4)38-50-68(64)76-70(72)62-43-47-66(48-44-62)74-52-22-18-16-14-10-6-2/h37-38,41-50,53-58H,5-36,51-52H2,1-4H3. The average molecular weight is 1040 g/mol. The lowest BCUT2D eigenvalue weighted by molar-refractivity contribution is 0.0724. The Balaban J connectivity index is 1.20. The second-order valence-corrected chi connectivity index (χ2v) is 22.8. The number of hydrogen-bond acceptors (Lipinski definition) is 6. The first-order chi connectivity index (χ1) is 37.3. The minimum atomic E-state index is -0.445. The molecule has 2 fully saturated rings. The summed E-state index contributed by atoms with van der Waals surface area (Å²) in [6.07, 6.45) is 39.9. The van der Waals surface area contributed by atoms with E-state index in [1.54, 1.807) is 24.3 Å². The maximum atomic E-state index is 13.9. The third-order valence-corrected chi connectivity index (χ3v) is 16.6. The summed E-state index contributed by atoms with van der Waals surface area (Å²) in [6, 6.07) is 26.8. The molecular formula is C70H98O6. The molecule has 2 aliphatic carbocycles. The molecule has 4 aromatic rings. The van der Waals surface area contributed by atoms with E-state index in [9.17, 15) is 9.59 Å². The minimum Gasteiger partial charge on any atom is -0.494 e. The summed E-state index contributed by atoms with van der Waals surface area (Å²) in [4.78, 5) is 27.7. The van der Waals surface area contributed by atoms with Crippen molar-refractivity contribution < 1.29 is 28.5 Å². The van der Waals surface area contributed by atoms with Crippen LogP contribution in [0, 0.1) is 35.5 Å². The molecule has 0 heterocycles. The van der Waals surface area contributed by atoms with Gasteiger partial charge in [0, 0.05) is 0 Å². The van der Waals surface area contributed by atoms with Gasteiger partial charge in [0.05, 0.1) is 35.5 Å². The highest BCUT2D eigenvalue weighted by Gasteiger charge is 2.23. The number of carbonyl (C=O) groups excluding carboxylic acids is 2. The lowest BCUT2D eigenvalue weighted by Crippen LogP contribution is -2.15. The molecule has 0 aliphatic heterocycles. The summed E-state index contributed by atoms with van der Waals surface area (Å²) in [7, 11) is 0. The number of rotatable bonds is 34. The lowest BCUT2D eigenvalue weighted by Gasteiger charge is -2.28. The lowest BCUT2D eigenvalue weighted by atomic mass is 9.77. The van der Waals surface area contributed by atoms with Gasteiger partial charge in [0.15, 0.2) is 0 Å². The number of aryl methyl sites for hydroxylation is 2. The first kappa shape index (κ1) is 60.2. The van der Waals surface area contributed by atoms with Crippen LogP contribution >= 0.6 is 0 Å². The van der Waals surface area contributed by atoms with Crippen LogP contribution in [-0.4, -0.2) is 25.2 Å². The number of benzene rings is 4. The molecule has 2 aliphatic rings. The normalized spacial score (nSPS) is 17.4. The molecule has 6 rings (SSSR count). The molecule has 4 aromatic carbocycles. The van der Waals surface area contributed by atoms with Gasteiger partial charge >= 0.3 is 11.9 Å². The summed E-state index contributed by atoms with van der Waals surface area (Å²) < 4.78 is 24.5. The van der Waals surface area contributed by atoms with Gasteiger partial charge in [-0.3, -0.25) is 0 Å². The number of ether oxygens (including phenoxy) is 4. The Morgan fingerprint density at radius 2 is 0.724 bits per heavy atom. The highest BCUT2D eigenvalue weighted by molar-refractivity contribution is 5.92. The molecule has 0 saturated heterocycles. The molecule has 76 heavy (non-hydrogen) atoms. The van der Waals surface area contributed by atoms with Gasteiger partial charge in [-0.25, -0.2) is 9.59 Å². The zero-order valence-electron chi connectivity index (χ0n) is 47.9. The number of hydrogen-bond donors (Lipinski definition) is 0. The fourth-order valence-electron chi connectivity index (χ4n) is 11.5. The molecule has 0 radical (unpaired) electrons. The van der Waals surface area contributed by atoms with E-state index in [1.807, 2.05) is 36.4 Å². The van der Waals surface area contributed by atoms with Crippen LogP contribution in [0.2, 0.25) is 0 Å². The summed E-state index contributed by atoms with van der Waals surface area (Å²) in [5, 5.41) is 0. The van der Waals surface area contributed by atoms with E-state index < -0.39 is 11.9 Å². The van der Waals surface area contributed by atoms with Crippen LogP contribution in [0.25, 0.3) is 0 Å². The average Bonchev–Trinajstić information content (AvgIpc) is 3.45. The van der Waals surface area contributed by atoms with Gasteiger partial charge in [0.25, 0.3) is 0 Å². The molecule has 0 atom stereocenters. The summed E-state index contributed by atoms with van der Waals surface area (Å²) in [6.45, 7) is 10.4. The topological polar surface area (TPSA) is 71.1 Å². The molecular weight excluding hydrogens is 937 g/mol. The molecule has 0 bridgehead atoms. The minimum absolute atomic E-state index is 0.413. The van der Waals surface area contributed by atoms with Crippen molar-refractivity contribution in [1.29, 1.82) is 0 Å². The van der Waals surface area contributed by atoms with Crippen molar-refractivity contribution in [3.63, 3.8) is 0 Å².